The summed E-state index contributed by atoms with van der Waals surface area (Å²) < 4.78 is 0. The van der Waals surface area contributed by atoms with Gasteiger partial charge in [0.25, 0.3) is 0 Å². The molecule has 0 aromatic heterocycles. The molecule has 3 rings (SSSR count). The topological polar surface area (TPSA) is 197 Å². The van der Waals surface area contributed by atoms with Crippen LogP contribution in [0.1, 0.15) is 63.5 Å². The molecule has 1 aliphatic heterocycles. The highest BCUT2D eigenvalue weighted by atomic mass is 16.4. The number of carboxylic acids is 1. The maximum atomic E-state index is 13.9. The van der Waals surface area contributed by atoms with Crippen LogP contribution in [-0.2, 0) is 36.8 Å². The van der Waals surface area contributed by atoms with Gasteiger partial charge in [-0.1, -0.05) is 81.1 Å². The number of carbonyl (C=O) groups is 5. The number of nitrogens with one attached hydrogen (secondary N) is 3. The Morgan fingerprint density at radius 1 is 0.820 bits per heavy atom. The summed E-state index contributed by atoms with van der Waals surface area (Å²) in [5, 5.41) is 17.8. The second-order valence-corrected chi connectivity index (χ2v) is 13.6. The second kappa shape index (κ2) is 20.2. The van der Waals surface area contributed by atoms with Crippen LogP contribution in [0.5, 0.6) is 0 Å². The molecule has 2 aromatic rings. The Hall–Kier alpha value is -4.55. The highest BCUT2D eigenvalue weighted by Crippen LogP contribution is 2.24. The van der Waals surface area contributed by atoms with Gasteiger partial charge >= 0.3 is 5.97 Å². The molecule has 0 unspecified atom stereocenters. The van der Waals surface area contributed by atoms with E-state index in [-0.39, 0.29) is 36.2 Å². The molecule has 8 N–H and O–H groups in total. The molecule has 272 valence electrons. The van der Waals surface area contributed by atoms with Gasteiger partial charge in [0.2, 0.25) is 23.6 Å². The predicted octanol–water partition coefficient (Wildman–Crippen LogP) is 2.31. The summed E-state index contributed by atoms with van der Waals surface area (Å²) in [5.41, 5.74) is 13.9. The van der Waals surface area contributed by atoms with Crippen LogP contribution >= 0.6 is 0 Å². The quantitative estimate of drug-likeness (QED) is 0.121. The minimum atomic E-state index is -1.02. The fourth-order valence-corrected chi connectivity index (χ4v) is 6.14. The lowest BCUT2D eigenvalue weighted by Crippen LogP contribution is -2.59. The summed E-state index contributed by atoms with van der Waals surface area (Å²) in [7, 11) is 0. The molecule has 0 spiro atoms. The molecule has 0 aliphatic carbocycles. The van der Waals surface area contributed by atoms with Crippen LogP contribution in [0.2, 0.25) is 0 Å². The number of nitrogens with two attached hydrogens (primary N) is 2. The van der Waals surface area contributed by atoms with Crippen LogP contribution in [-0.4, -0.2) is 83.4 Å². The van der Waals surface area contributed by atoms with Gasteiger partial charge in [-0.2, -0.15) is 0 Å². The number of nitrogens with zero attached hydrogens (tertiary/aromatic N) is 1. The third-order valence-corrected chi connectivity index (χ3v) is 8.97. The largest absolute Gasteiger partial charge is 0.478 e. The first-order valence-electron chi connectivity index (χ1n) is 17.5. The second-order valence-electron chi connectivity index (χ2n) is 13.6. The van der Waals surface area contributed by atoms with E-state index in [2.05, 4.69) is 22.5 Å². The molecular formula is C38H54N6O6. The highest BCUT2D eigenvalue weighted by molar-refractivity contribution is 5.95. The van der Waals surface area contributed by atoms with Crippen molar-refractivity contribution in [2.45, 2.75) is 89.4 Å². The van der Waals surface area contributed by atoms with Crippen LogP contribution in [0, 0.1) is 11.8 Å². The Bertz CT molecular complexity index is 1430. The van der Waals surface area contributed by atoms with Gasteiger partial charge in [0.1, 0.15) is 18.1 Å². The van der Waals surface area contributed by atoms with E-state index in [0.717, 1.165) is 11.1 Å². The molecule has 2 aromatic carbocycles. The van der Waals surface area contributed by atoms with Gasteiger partial charge in [-0.05, 0) is 74.5 Å². The summed E-state index contributed by atoms with van der Waals surface area (Å²) in [6, 6.07) is 14.9. The van der Waals surface area contributed by atoms with E-state index in [1.54, 1.807) is 4.90 Å². The maximum absolute atomic E-state index is 13.9. The van der Waals surface area contributed by atoms with Gasteiger partial charge in [-0.15, -0.1) is 0 Å². The average Bonchev–Trinajstić information content (AvgIpc) is 3.09. The number of aliphatic carboxylic acids is 1. The van der Waals surface area contributed by atoms with Gasteiger partial charge < -0.3 is 37.4 Å². The lowest BCUT2D eigenvalue weighted by atomic mass is 9.90. The number of benzene rings is 2. The van der Waals surface area contributed by atoms with E-state index in [1.165, 1.54) is 0 Å². The molecule has 0 radical (unpaired) electrons. The molecule has 0 saturated carbocycles. The third-order valence-electron chi connectivity index (χ3n) is 8.97. The van der Waals surface area contributed by atoms with Crippen molar-refractivity contribution in [1.29, 1.82) is 0 Å². The lowest BCUT2D eigenvalue weighted by molar-refractivity contribution is -0.139. The maximum Gasteiger partial charge on any atom is 0.330 e. The van der Waals surface area contributed by atoms with Gasteiger partial charge in [-0.25, -0.2) is 4.79 Å². The van der Waals surface area contributed by atoms with E-state index in [9.17, 15) is 29.1 Å². The van der Waals surface area contributed by atoms with Crippen LogP contribution in [0.25, 0.3) is 0 Å². The lowest BCUT2D eigenvalue weighted by Gasteiger charge is -2.35. The fourth-order valence-electron chi connectivity index (χ4n) is 6.14. The number of rotatable bonds is 19. The predicted molar refractivity (Wildman–Crippen MR) is 192 cm³/mol. The molecule has 12 heteroatoms. The molecule has 4 atom stereocenters. The Kier molecular flexibility index (Phi) is 16.1. The number of hydrogen-bond acceptors (Lipinski definition) is 7. The Balaban J connectivity index is 1.72. The van der Waals surface area contributed by atoms with E-state index in [4.69, 9.17) is 11.5 Å². The summed E-state index contributed by atoms with van der Waals surface area (Å²) in [6.07, 6.45) is 3.22. The fraction of sp³-hybridized carbons (Fsp3) is 0.500. The van der Waals surface area contributed by atoms with Crippen LogP contribution < -0.4 is 27.4 Å². The monoisotopic (exact) mass is 690 g/mol. The van der Waals surface area contributed by atoms with E-state index >= 15 is 0 Å². The zero-order chi connectivity index (χ0) is 36.6. The Morgan fingerprint density at radius 3 is 1.88 bits per heavy atom. The molecule has 0 bridgehead atoms. The zero-order valence-electron chi connectivity index (χ0n) is 29.3. The number of likely N-dealkylation sites (tertiary alicyclic amines) is 1. The number of piperidine rings is 1. The SMILES string of the molecule is C=C(CC1CCN(C(=O)[C@@H](CCCN)NC(=O)[C@@H](CC(C)C)NC(=O)[C@@H](Cc2ccccc2)NC(=O)[C@H](N)Cc2ccccc2)CC1)C(=O)O. The van der Waals surface area contributed by atoms with E-state index in [1.807, 2.05) is 74.5 Å². The first kappa shape index (κ1) is 39.9. The van der Waals surface area contributed by atoms with Crippen molar-refractivity contribution in [2.75, 3.05) is 19.6 Å². The van der Waals surface area contributed by atoms with Gasteiger partial charge in [-0.3, -0.25) is 19.2 Å². The number of carboxylic acid groups (broad SMARTS) is 1. The number of amides is 4. The average molecular weight is 691 g/mol. The van der Waals surface area contributed by atoms with Gasteiger partial charge in [0.05, 0.1) is 6.04 Å². The molecule has 12 nitrogen and oxygen atoms in total. The van der Waals surface area contributed by atoms with Crippen LogP contribution in [0.15, 0.2) is 72.8 Å². The van der Waals surface area contributed by atoms with Crippen LogP contribution in [0.4, 0.5) is 0 Å². The third kappa shape index (κ3) is 13.1. The van der Waals surface area contributed by atoms with Crippen molar-refractivity contribution in [2.24, 2.45) is 23.3 Å². The molecule has 1 fully saturated rings. The molecular weight excluding hydrogens is 636 g/mol. The summed E-state index contributed by atoms with van der Waals surface area (Å²) in [6.45, 7) is 8.69. The van der Waals surface area contributed by atoms with Crippen molar-refractivity contribution in [3.8, 4) is 0 Å². The van der Waals surface area contributed by atoms with Crippen molar-refractivity contribution in [3.63, 3.8) is 0 Å². The highest BCUT2D eigenvalue weighted by Gasteiger charge is 2.33. The normalized spacial score (nSPS) is 15.7. The first-order valence-corrected chi connectivity index (χ1v) is 17.5. The van der Waals surface area contributed by atoms with Crippen LogP contribution in [0.3, 0.4) is 0 Å². The Morgan fingerprint density at radius 2 is 1.34 bits per heavy atom. The Labute approximate surface area is 295 Å². The van der Waals surface area contributed by atoms with E-state index in [0.29, 0.717) is 58.2 Å². The number of hydrogen-bond donors (Lipinski definition) is 6. The summed E-state index contributed by atoms with van der Waals surface area (Å²) in [5.74, 6) is -2.65. The molecule has 50 heavy (non-hydrogen) atoms. The molecule has 1 aliphatic rings. The molecule has 1 heterocycles. The minimum absolute atomic E-state index is 0.0188. The van der Waals surface area contributed by atoms with Crippen molar-refractivity contribution in [3.05, 3.63) is 83.9 Å². The molecule has 1 saturated heterocycles. The van der Waals surface area contributed by atoms with Crippen molar-refractivity contribution >= 4 is 29.6 Å². The first-order chi connectivity index (χ1) is 23.9. The number of carbonyl (C=O) groups excluding carboxylic acids is 4. The minimum Gasteiger partial charge on any atom is -0.478 e. The smallest absolute Gasteiger partial charge is 0.330 e. The van der Waals surface area contributed by atoms with Gasteiger partial charge in [0.15, 0.2) is 0 Å². The van der Waals surface area contributed by atoms with E-state index < -0.39 is 47.9 Å². The zero-order valence-corrected chi connectivity index (χ0v) is 29.3. The standard InChI is InChI=1S/C38H54N6O6/c1-25(2)21-32(35(46)41-31(15-10-18-39)37(48)44-19-16-29(17-20-44)22-26(3)38(49)50)43-36(47)33(24-28-13-8-5-9-14-28)42-34(45)30(40)23-27-11-6-4-7-12-27/h4-9,11-14,25,29-33H,3,10,15-24,39-40H2,1-2H3,(H,41,46)(H,42,45)(H,43,47)(H,49,50)/t30-,31-,32-,33-/m1/s1. The summed E-state index contributed by atoms with van der Waals surface area (Å²) in [4.78, 5) is 67.5. The van der Waals surface area contributed by atoms with Crippen molar-refractivity contribution in [1.82, 2.24) is 20.9 Å². The van der Waals surface area contributed by atoms with Gasteiger partial charge in [0, 0.05) is 25.1 Å². The van der Waals surface area contributed by atoms with Crippen molar-refractivity contribution < 1.29 is 29.1 Å². The summed E-state index contributed by atoms with van der Waals surface area (Å²) >= 11 is 0. The molecule has 4 amide bonds.